The minimum absolute atomic E-state index is 0.0613. The highest BCUT2D eigenvalue weighted by atomic mass is 16.5. The van der Waals surface area contributed by atoms with Gasteiger partial charge in [-0.25, -0.2) is 0 Å². The van der Waals surface area contributed by atoms with Gasteiger partial charge < -0.3 is 10.1 Å². The monoisotopic (exact) mass is 171 g/mol. The van der Waals surface area contributed by atoms with E-state index in [1.54, 1.807) is 0 Å². The highest BCUT2D eigenvalue weighted by Crippen LogP contribution is 2.20. The molecule has 2 atom stereocenters. The number of hydrogen-bond donors (Lipinski definition) is 1. The van der Waals surface area contributed by atoms with Crippen LogP contribution in [-0.4, -0.2) is 25.7 Å². The number of piperidine rings is 1. The summed E-state index contributed by atoms with van der Waals surface area (Å²) in [5, 5.41) is 3.20. The summed E-state index contributed by atoms with van der Waals surface area (Å²) in [7, 11) is 1.45. The van der Waals surface area contributed by atoms with E-state index in [0.717, 1.165) is 19.4 Å². The van der Waals surface area contributed by atoms with E-state index in [0.29, 0.717) is 5.92 Å². The van der Waals surface area contributed by atoms with Gasteiger partial charge in [-0.05, 0) is 25.3 Å². The Morgan fingerprint density at radius 3 is 3.00 bits per heavy atom. The predicted octanol–water partition coefficient (Wildman–Crippen LogP) is 0.938. The van der Waals surface area contributed by atoms with Gasteiger partial charge in [0.05, 0.1) is 7.11 Å². The number of ether oxygens (including phenoxy) is 1. The number of nitrogens with one attached hydrogen (secondary N) is 1. The molecular formula is C9H17NO2. The van der Waals surface area contributed by atoms with E-state index in [2.05, 4.69) is 12.2 Å². The van der Waals surface area contributed by atoms with Crippen LogP contribution in [0.15, 0.2) is 0 Å². The van der Waals surface area contributed by atoms with Crippen molar-refractivity contribution in [2.24, 2.45) is 5.92 Å². The van der Waals surface area contributed by atoms with E-state index >= 15 is 0 Å². The van der Waals surface area contributed by atoms with Crippen LogP contribution >= 0.6 is 0 Å². The Hall–Kier alpha value is -0.570. The molecule has 3 nitrogen and oxygen atoms in total. The summed E-state index contributed by atoms with van der Waals surface area (Å²) in [5.74, 6) is 0.354. The van der Waals surface area contributed by atoms with Crippen LogP contribution in [0, 0.1) is 5.92 Å². The normalized spacial score (nSPS) is 29.8. The molecule has 1 saturated heterocycles. The fraction of sp³-hybridized carbons (Fsp3) is 0.889. The maximum Gasteiger partial charge on any atom is 0.323 e. The summed E-state index contributed by atoms with van der Waals surface area (Å²) >= 11 is 0. The quantitative estimate of drug-likeness (QED) is 0.628. The lowest BCUT2D eigenvalue weighted by Gasteiger charge is -2.29. The topological polar surface area (TPSA) is 38.3 Å². The molecule has 12 heavy (non-hydrogen) atoms. The third kappa shape index (κ3) is 1.97. The molecule has 1 heterocycles. The molecule has 1 aliphatic rings. The number of carbonyl (C=O) groups excluding carboxylic acids is 1. The average Bonchev–Trinajstić information content (AvgIpc) is 2.16. The van der Waals surface area contributed by atoms with E-state index in [9.17, 15) is 4.79 Å². The van der Waals surface area contributed by atoms with Crippen molar-refractivity contribution in [3.8, 4) is 0 Å². The number of carbonyl (C=O) groups is 1. The third-order valence-electron chi connectivity index (χ3n) is 2.57. The van der Waals surface area contributed by atoms with Crippen LogP contribution in [0.25, 0.3) is 0 Å². The summed E-state index contributed by atoms with van der Waals surface area (Å²) in [6, 6.07) is -0.0613. The molecule has 1 N–H and O–H groups in total. The fourth-order valence-corrected chi connectivity index (χ4v) is 1.80. The van der Waals surface area contributed by atoms with Gasteiger partial charge in [0.1, 0.15) is 6.04 Å². The van der Waals surface area contributed by atoms with Crippen LogP contribution in [0.2, 0.25) is 0 Å². The Morgan fingerprint density at radius 2 is 2.42 bits per heavy atom. The minimum atomic E-state index is -0.110. The molecule has 1 rings (SSSR count). The molecule has 0 aromatic heterocycles. The second kappa shape index (κ2) is 4.45. The van der Waals surface area contributed by atoms with Gasteiger partial charge >= 0.3 is 5.97 Å². The molecule has 1 fully saturated rings. The molecule has 0 aromatic rings. The number of methoxy groups -OCH3 is 1. The molecule has 0 radical (unpaired) electrons. The van der Waals surface area contributed by atoms with E-state index in [4.69, 9.17) is 4.74 Å². The molecule has 2 unspecified atom stereocenters. The van der Waals surface area contributed by atoms with E-state index in [1.165, 1.54) is 13.5 Å². The molecule has 0 aromatic carbocycles. The molecule has 70 valence electrons. The maximum atomic E-state index is 11.3. The van der Waals surface area contributed by atoms with Crippen LogP contribution in [0.3, 0.4) is 0 Å². The van der Waals surface area contributed by atoms with Gasteiger partial charge in [-0.15, -0.1) is 0 Å². The van der Waals surface area contributed by atoms with Crippen molar-refractivity contribution in [1.29, 1.82) is 0 Å². The summed E-state index contributed by atoms with van der Waals surface area (Å²) in [4.78, 5) is 11.3. The SMILES string of the molecule is CCC1CCCNC1C(=O)OC. The molecule has 0 aliphatic carbocycles. The lowest BCUT2D eigenvalue weighted by atomic mass is 9.89. The predicted molar refractivity (Wildman–Crippen MR) is 46.8 cm³/mol. The van der Waals surface area contributed by atoms with Crippen LogP contribution in [0.1, 0.15) is 26.2 Å². The summed E-state index contributed by atoms with van der Waals surface area (Å²) in [6.45, 7) is 3.06. The smallest absolute Gasteiger partial charge is 0.323 e. The summed E-state index contributed by atoms with van der Waals surface area (Å²) in [6.07, 6.45) is 3.36. The molecule has 0 bridgehead atoms. The second-order valence-electron chi connectivity index (χ2n) is 3.27. The molecule has 3 heteroatoms. The lowest BCUT2D eigenvalue weighted by Crippen LogP contribution is -2.47. The Labute approximate surface area is 73.5 Å². The molecule has 0 amide bonds. The van der Waals surface area contributed by atoms with Crippen LogP contribution in [0.4, 0.5) is 0 Å². The zero-order valence-corrected chi connectivity index (χ0v) is 7.80. The molecule has 1 aliphatic heterocycles. The van der Waals surface area contributed by atoms with E-state index in [-0.39, 0.29) is 12.0 Å². The third-order valence-corrected chi connectivity index (χ3v) is 2.57. The average molecular weight is 171 g/mol. The van der Waals surface area contributed by atoms with Gasteiger partial charge in [0.25, 0.3) is 0 Å². The Balaban J connectivity index is 2.52. The first-order valence-electron chi connectivity index (χ1n) is 4.60. The van der Waals surface area contributed by atoms with Crippen molar-refractivity contribution < 1.29 is 9.53 Å². The lowest BCUT2D eigenvalue weighted by molar-refractivity contribution is -0.145. The zero-order chi connectivity index (χ0) is 8.97. The van der Waals surface area contributed by atoms with Crippen molar-refractivity contribution in [2.45, 2.75) is 32.2 Å². The van der Waals surface area contributed by atoms with E-state index in [1.807, 2.05) is 0 Å². The summed E-state index contributed by atoms with van der Waals surface area (Å²) < 4.78 is 4.72. The molecule has 0 spiro atoms. The van der Waals surface area contributed by atoms with Crippen LogP contribution in [-0.2, 0) is 9.53 Å². The number of rotatable bonds is 2. The maximum absolute atomic E-state index is 11.3. The standard InChI is InChI=1S/C9H17NO2/c1-3-7-5-4-6-10-8(7)9(11)12-2/h7-8,10H,3-6H2,1-2H3. The first-order chi connectivity index (χ1) is 5.79. The fourth-order valence-electron chi connectivity index (χ4n) is 1.80. The molecular weight excluding hydrogens is 154 g/mol. The van der Waals surface area contributed by atoms with Crippen molar-refractivity contribution >= 4 is 5.97 Å². The largest absolute Gasteiger partial charge is 0.468 e. The Bertz CT molecular complexity index is 159. The number of esters is 1. The second-order valence-corrected chi connectivity index (χ2v) is 3.27. The van der Waals surface area contributed by atoms with Gasteiger partial charge in [0.2, 0.25) is 0 Å². The van der Waals surface area contributed by atoms with Gasteiger partial charge in [-0.1, -0.05) is 13.3 Å². The van der Waals surface area contributed by atoms with Crippen molar-refractivity contribution in [1.82, 2.24) is 5.32 Å². The van der Waals surface area contributed by atoms with Crippen molar-refractivity contribution in [2.75, 3.05) is 13.7 Å². The highest BCUT2D eigenvalue weighted by molar-refractivity contribution is 5.76. The van der Waals surface area contributed by atoms with Crippen molar-refractivity contribution in [3.05, 3.63) is 0 Å². The number of hydrogen-bond acceptors (Lipinski definition) is 3. The first kappa shape index (κ1) is 9.52. The Morgan fingerprint density at radius 1 is 1.67 bits per heavy atom. The van der Waals surface area contributed by atoms with Crippen LogP contribution < -0.4 is 5.32 Å². The van der Waals surface area contributed by atoms with Gasteiger partial charge in [-0.2, -0.15) is 0 Å². The summed E-state index contributed by atoms with van der Waals surface area (Å²) in [5.41, 5.74) is 0. The van der Waals surface area contributed by atoms with Gasteiger partial charge in [-0.3, -0.25) is 4.79 Å². The molecule has 0 saturated carbocycles. The minimum Gasteiger partial charge on any atom is -0.468 e. The van der Waals surface area contributed by atoms with Crippen molar-refractivity contribution in [3.63, 3.8) is 0 Å². The Kier molecular flexibility index (Phi) is 3.53. The van der Waals surface area contributed by atoms with Gasteiger partial charge in [0, 0.05) is 0 Å². The first-order valence-corrected chi connectivity index (χ1v) is 4.60. The van der Waals surface area contributed by atoms with Crippen LogP contribution in [0.5, 0.6) is 0 Å². The van der Waals surface area contributed by atoms with E-state index < -0.39 is 0 Å². The highest BCUT2D eigenvalue weighted by Gasteiger charge is 2.29. The van der Waals surface area contributed by atoms with Gasteiger partial charge in [0.15, 0.2) is 0 Å². The zero-order valence-electron chi connectivity index (χ0n) is 7.80.